The Morgan fingerprint density at radius 3 is 2.75 bits per heavy atom. The van der Waals surface area contributed by atoms with Gasteiger partial charge in [-0.1, -0.05) is 24.3 Å². The largest absolute Gasteiger partial charge is 0.417 e. The first-order valence-corrected chi connectivity index (χ1v) is 5.91. The molecule has 100 valence electrons. The van der Waals surface area contributed by atoms with Gasteiger partial charge in [-0.3, -0.25) is 0 Å². The van der Waals surface area contributed by atoms with E-state index in [1.807, 2.05) is 0 Å². The number of ether oxygens (including phenoxy) is 2. The van der Waals surface area contributed by atoms with Gasteiger partial charge < -0.3 is 9.47 Å². The fourth-order valence-corrected chi connectivity index (χ4v) is 1.98. The Hall–Kier alpha value is -2.69. The van der Waals surface area contributed by atoms with Crippen molar-refractivity contribution < 1.29 is 23.5 Å². The molecule has 0 aromatic heterocycles. The summed E-state index contributed by atoms with van der Waals surface area (Å²) < 4.78 is 23.1. The molecule has 0 N–H and O–H groups in total. The maximum Gasteiger partial charge on any atom is 0.342 e. The predicted octanol–water partition coefficient (Wildman–Crippen LogP) is 2.85. The van der Waals surface area contributed by atoms with Gasteiger partial charge in [0.25, 0.3) is 6.29 Å². The topological polar surface area (TPSA) is 52.6 Å². The number of carbonyl (C=O) groups is 2. The molecule has 1 heterocycles. The Morgan fingerprint density at radius 2 is 1.95 bits per heavy atom. The van der Waals surface area contributed by atoms with Gasteiger partial charge in [0, 0.05) is 5.56 Å². The van der Waals surface area contributed by atoms with Gasteiger partial charge in [-0.15, -0.1) is 0 Å². The van der Waals surface area contributed by atoms with E-state index in [9.17, 15) is 14.0 Å². The molecule has 2 aromatic rings. The maximum atomic E-state index is 13.0. The van der Waals surface area contributed by atoms with Crippen LogP contribution in [0.15, 0.2) is 48.5 Å². The lowest BCUT2D eigenvalue weighted by Gasteiger charge is -2.11. The molecule has 4 nitrogen and oxygen atoms in total. The minimum atomic E-state index is -1.09. The lowest BCUT2D eigenvalue weighted by Crippen LogP contribution is -2.11. The molecule has 0 radical (unpaired) electrons. The number of fused-ring (bicyclic) bond motifs is 1. The highest BCUT2D eigenvalue weighted by atomic mass is 19.1. The molecule has 20 heavy (non-hydrogen) atoms. The van der Waals surface area contributed by atoms with Crippen molar-refractivity contribution in [1.82, 2.24) is 0 Å². The molecule has 0 amide bonds. The molecule has 0 aliphatic carbocycles. The lowest BCUT2D eigenvalue weighted by molar-refractivity contribution is -0.0724. The van der Waals surface area contributed by atoms with Gasteiger partial charge in [-0.05, 0) is 24.3 Å². The van der Waals surface area contributed by atoms with Crippen LogP contribution in [0.2, 0.25) is 0 Å². The molecule has 0 fully saturated rings. The predicted molar refractivity (Wildman–Crippen MR) is 66.4 cm³/mol. The summed E-state index contributed by atoms with van der Waals surface area (Å²) in [4.78, 5) is 23.5. The van der Waals surface area contributed by atoms with E-state index in [4.69, 9.17) is 9.47 Å². The Kier molecular flexibility index (Phi) is 2.95. The third-order valence-electron chi connectivity index (χ3n) is 2.92. The average molecular weight is 272 g/mol. The van der Waals surface area contributed by atoms with E-state index in [1.165, 1.54) is 18.2 Å². The lowest BCUT2D eigenvalue weighted by atomic mass is 10.1. The number of esters is 2. The van der Waals surface area contributed by atoms with E-state index >= 15 is 0 Å². The standard InChI is InChI=1S/C15H9FO4/c16-10-5-3-4-9(8-10)13(17)19-15-12-7-2-1-6-11(12)14(18)20-15/h1-8,15H/t15-/m0/s1. The molecular formula is C15H9FO4. The van der Waals surface area contributed by atoms with Crippen molar-refractivity contribution in [3.63, 3.8) is 0 Å². The number of cyclic esters (lactones) is 1. The van der Waals surface area contributed by atoms with Crippen molar-refractivity contribution in [2.24, 2.45) is 0 Å². The second kappa shape index (κ2) is 4.77. The van der Waals surface area contributed by atoms with Gasteiger partial charge in [0.05, 0.1) is 11.1 Å². The summed E-state index contributed by atoms with van der Waals surface area (Å²) in [5, 5.41) is 0. The number of rotatable bonds is 2. The van der Waals surface area contributed by atoms with E-state index in [1.54, 1.807) is 24.3 Å². The van der Waals surface area contributed by atoms with Crippen molar-refractivity contribution in [1.29, 1.82) is 0 Å². The SMILES string of the molecule is O=C(O[C@H]1OC(=O)c2ccccc21)c1cccc(F)c1. The molecule has 0 saturated heterocycles. The van der Waals surface area contributed by atoms with Crippen LogP contribution >= 0.6 is 0 Å². The average Bonchev–Trinajstić information content (AvgIpc) is 2.76. The van der Waals surface area contributed by atoms with Crippen LogP contribution in [0, 0.1) is 5.82 Å². The Morgan fingerprint density at radius 1 is 1.15 bits per heavy atom. The van der Waals surface area contributed by atoms with E-state index in [0.717, 1.165) is 6.07 Å². The van der Waals surface area contributed by atoms with Gasteiger partial charge in [0.1, 0.15) is 5.82 Å². The Bertz CT molecular complexity index is 696. The van der Waals surface area contributed by atoms with Crippen LogP contribution in [0.4, 0.5) is 4.39 Å². The highest BCUT2D eigenvalue weighted by Crippen LogP contribution is 2.31. The van der Waals surface area contributed by atoms with Crippen molar-refractivity contribution in [3.8, 4) is 0 Å². The van der Waals surface area contributed by atoms with E-state index in [0.29, 0.717) is 11.1 Å². The van der Waals surface area contributed by atoms with Crippen LogP contribution in [0.5, 0.6) is 0 Å². The number of hydrogen-bond acceptors (Lipinski definition) is 4. The smallest absolute Gasteiger partial charge is 0.342 e. The van der Waals surface area contributed by atoms with Crippen molar-refractivity contribution in [3.05, 3.63) is 71.0 Å². The highest BCUT2D eigenvalue weighted by molar-refractivity contribution is 5.95. The van der Waals surface area contributed by atoms with E-state index < -0.39 is 24.0 Å². The highest BCUT2D eigenvalue weighted by Gasteiger charge is 2.33. The zero-order valence-electron chi connectivity index (χ0n) is 10.2. The van der Waals surface area contributed by atoms with Crippen molar-refractivity contribution >= 4 is 11.9 Å². The fourth-order valence-electron chi connectivity index (χ4n) is 1.98. The van der Waals surface area contributed by atoms with E-state index in [2.05, 4.69) is 0 Å². The zero-order chi connectivity index (χ0) is 14.1. The monoisotopic (exact) mass is 272 g/mol. The molecule has 5 heteroatoms. The molecule has 1 atom stereocenters. The van der Waals surface area contributed by atoms with Crippen LogP contribution in [-0.4, -0.2) is 11.9 Å². The minimum Gasteiger partial charge on any atom is -0.417 e. The van der Waals surface area contributed by atoms with Crippen LogP contribution in [0.1, 0.15) is 32.6 Å². The van der Waals surface area contributed by atoms with Crippen LogP contribution in [0.3, 0.4) is 0 Å². The summed E-state index contributed by atoms with van der Waals surface area (Å²) in [7, 11) is 0. The minimum absolute atomic E-state index is 0.0606. The summed E-state index contributed by atoms with van der Waals surface area (Å²) in [6, 6.07) is 11.7. The normalized spacial score (nSPS) is 16.4. The van der Waals surface area contributed by atoms with Gasteiger partial charge in [-0.25, -0.2) is 14.0 Å². The zero-order valence-corrected chi connectivity index (χ0v) is 10.2. The first-order chi connectivity index (χ1) is 9.65. The van der Waals surface area contributed by atoms with Crippen LogP contribution < -0.4 is 0 Å². The molecule has 0 bridgehead atoms. The van der Waals surface area contributed by atoms with Crippen LogP contribution in [-0.2, 0) is 9.47 Å². The summed E-state index contributed by atoms with van der Waals surface area (Å²) in [5.41, 5.74) is 0.914. The second-order valence-electron chi connectivity index (χ2n) is 4.24. The third kappa shape index (κ3) is 2.14. The molecule has 3 rings (SSSR count). The Labute approximate surface area is 113 Å². The number of carbonyl (C=O) groups excluding carboxylic acids is 2. The quantitative estimate of drug-likeness (QED) is 0.789. The molecular weight excluding hydrogens is 263 g/mol. The van der Waals surface area contributed by atoms with E-state index in [-0.39, 0.29) is 5.56 Å². The maximum absolute atomic E-state index is 13.0. The first kappa shape index (κ1) is 12.3. The summed E-state index contributed by atoms with van der Waals surface area (Å²) in [5.74, 6) is -1.83. The van der Waals surface area contributed by atoms with Crippen molar-refractivity contribution in [2.75, 3.05) is 0 Å². The van der Waals surface area contributed by atoms with Gasteiger partial charge in [0.2, 0.25) is 0 Å². The molecule has 1 aliphatic heterocycles. The molecule has 1 aliphatic rings. The van der Waals surface area contributed by atoms with Gasteiger partial charge in [-0.2, -0.15) is 0 Å². The number of halogens is 1. The molecule has 0 spiro atoms. The Balaban J connectivity index is 1.83. The first-order valence-electron chi connectivity index (χ1n) is 5.91. The van der Waals surface area contributed by atoms with Gasteiger partial charge in [0.15, 0.2) is 0 Å². The molecule has 0 unspecified atom stereocenters. The third-order valence-corrected chi connectivity index (χ3v) is 2.92. The summed E-state index contributed by atoms with van der Waals surface area (Å²) >= 11 is 0. The number of hydrogen-bond donors (Lipinski definition) is 0. The number of benzene rings is 2. The fraction of sp³-hybridized carbons (Fsp3) is 0.0667. The molecule has 2 aromatic carbocycles. The van der Waals surface area contributed by atoms with Crippen LogP contribution in [0.25, 0.3) is 0 Å². The summed E-state index contributed by atoms with van der Waals surface area (Å²) in [6.07, 6.45) is -1.09. The second-order valence-corrected chi connectivity index (χ2v) is 4.24. The van der Waals surface area contributed by atoms with Gasteiger partial charge >= 0.3 is 11.9 Å². The molecule has 0 saturated carbocycles. The summed E-state index contributed by atoms with van der Waals surface area (Å²) in [6.45, 7) is 0. The van der Waals surface area contributed by atoms with Crippen molar-refractivity contribution in [2.45, 2.75) is 6.29 Å².